The van der Waals surface area contributed by atoms with Crippen LogP contribution in [0.25, 0.3) is 0 Å². The molecule has 0 aliphatic heterocycles. The molecule has 0 aliphatic rings. The van der Waals surface area contributed by atoms with Crippen LogP contribution >= 0.6 is 11.8 Å². The van der Waals surface area contributed by atoms with Gasteiger partial charge in [-0.1, -0.05) is 0 Å². The molecular formula is C12H15N5O2S. The Bertz CT molecular complexity index is 659. The number of rotatable bonds is 5. The summed E-state index contributed by atoms with van der Waals surface area (Å²) in [6, 6.07) is 3.23. The minimum atomic E-state index is -0.181. The number of aryl methyl sites for hydroxylation is 1. The zero-order chi connectivity index (χ0) is 14.5. The largest absolute Gasteiger partial charge is 0.377 e. The van der Waals surface area contributed by atoms with Crippen molar-refractivity contribution in [2.75, 3.05) is 19.5 Å². The van der Waals surface area contributed by atoms with E-state index in [1.165, 1.54) is 17.8 Å². The molecule has 2 aromatic rings. The second kappa shape index (κ2) is 6.49. The Labute approximate surface area is 120 Å². The van der Waals surface area contributed by atoms with Gasteiger partial charge in [-0.05, 0) is 18.7 Å². The van der Waals surface area contributed by atoms with Gasteiger partial charge >= 0.3 is 0 Å². The average molecular weight is 293 g/mol. The van der Waals surface area contributed by atoms with E-state index in [1.807, 2.05) is 0 Å². The predicted octanol–water partition coefficient (Wildman–Crippen LogP) is 1.21. The van der Waals surface area contributed by atoms with Gasteiger partial charge in [-0.25, -0.2) is 15.0 Å². The van der Waals surface area contributed by atoms with Crippen LogP contribution in [0.1, 0.15) is 11.5 Å². The topological polar surface area (TPSA) is 92.8 Å². The first kappa shape index (κ1) is 14.5. The summed E-state index contributed by atoms with van der Waals surface area (Å²) in [4.78, 5) is 27.0. The van der Waals surface area contributed by atoms with Crippen LogP contribution in [0.15, 0.2) is 27.1 Å². The number of aromatic amines is 1. The van der Waals surface area contributed by atoms with Crippen molar-refractivity contribution in [3.63, 3.8) is 0 Å². The maximum atomic E-state index is 11.4. The van der Waals surface area contributed by atoms with Crippen LogP contribution < -0.4 is 10.9 Å². The molecule has 2 heterocycles. The molecule has 0 bridgehead atoms. The first-order valence-electron chi connectivity index (χ1n) is 5.91. The highest BCUT2D eigenvalue weighted by Crippen LogP contribution is 2.24. The van der Waals surface area contributed by atoms with Crippen LogP contribution in [0.5, 0.6) is 0 Å². The number of H-pyrrole nitrogens is 1. The van der Waals surface area contributed by atoms with E-state index >= 15 is 0 Å². The Morgan fingerprint density at radius 3 is 2.80 bits per heavy atom. The molecule has 0 radical (unpaired) electrons. The van der Waals surface area contributed by atoms with Crippen molar-refractivity contribution in [1.82, 2.24) is 19.9 Å². The number of nitrogens with one attached hydrogen (secondary N) is 2. The molecule has 0 atom stereocenters. The number of ether oxygens (including phenoxy) is 1. The number of hydrogen-bond donors (Lipinski definition) is 2. The molecule has 0 aliphatic carbocycles. The molecule has 8 heteroatoms. The van der Waals surface area contributed by atoms with Crippen molar-refractivity contribution < 1.29 is 4.74 Å². The summed E-state index contributed by atoms with van der Waals surface area (Å²) in [5, 5.41) is 4.15. The van der Waals surface area contributed by atoms with Crippen molar-refractivity contribution in [2.45, 2.75) is 23.7 Å². The third-order valence-corrected chi connectivity index (χ3v) is 3.13. The number of methoxy groups -OCH3 is 1. The first-order valence-corrected chi connectivity index (χ1v) is 6.73. The SMILES string of the molecule is CNc1cc(Sc2nc(C)cc(=O)[nH]2)nc(COC)n1. The molecule has 2 N–H and O–H groups in total. The van der Waals surface area contributed by atoms with Gasteiger partial charge in [-0.15, -0.1) is 0 Å². The van der Waals surface area contributed by atoms with Gasteiger partial charge in [0.25, 0.3) is 5.56 Å². The lowest BCUT2D eigenvalue weighted by molar-refractivity contribution is 0.177. The molecule has 20 heavy (non-hydrogen) atoms. The van der Waals surface area contributed by atoms with Gasteiger partial charge < -0.3 is 15.0 Å². The summed E-state index contributed by atoms with van der Waals surface area (Å²) in [5.41, 5.74) is 0.483. The summed E-state index contributed by atoms with van der Waals surface area (Å²) in [5.74, 6) is 1.25. The van der Waals surface area contributed by atoms with Gasteiger partial charge in [0, 0.05) is 32.0 Å². The Kier molecular flexibility index (Phi) is 4.70. The lowest BCUT2D eigenvalue weighted by Gasteiger charge is -2.06. The van der Waals surface area contributed by atoms with Gasteiger partial charge in [0.1, 0.15) is 17.5 Å². The Morgan fingerprint density at radius 1 is 1.35 bits per heavy atom. The molecule has 0 fully saturated rings. The normalized spacial score (nSPS) is 10.6. The second-order valence-electron chi connectivity index (χ2n) is 3.98. The van der Waals surface area contributed by atoms with Gasteiger partial charge in [0.2, 0.25) is 0 Å². The van der Waals surface area contributed by atoms with Crippen LogP contribution in [-0.4, -0.2) is 34.1 Å². The van der Waals surface area contributed by atoms with Crippen molar-refractivity contribution in [1.29, 1.82) is 0 Å². The molecule has 7 nitrogen and oxygen atoms in total. The van der Waals surface area contributed by atoms with E-state index in [-0.39, 0.29) is 5.56 Å². The lowest BCUT2D eigenvalue weighted by atomic mass is 10.5. The Hall–Kier alpha value is -1.93. The van der Waals surface area contributed by atoms with Crippen LogP contribution in [0.3, 0.4) is 0 Å². The van der Waals surface area contributed by atoms with E-state index in [0.29, 0.717) is 34.1 Å². The molecule has 2 aromatic heterocycles. The third kappa shape index (κ3) is 3.78. The van der Waals surface area contributed by atoms with Crippen molar-refractivity contribution in [2.24, 2.45) is 0 Å². The smallest absolute Gasteiger partial charge is 0.251 e. The van der Waals surface area contributed by atoms with Crippen LogP contribution in [0.2, 0.25) is 0 Å². The quantitative estimate of drug-likeness (QED) is 0.632. The summed E-state index contributed by atoms with van der Waals surface area (Å²) in [6.07, 6.45) is 0. The molecule has 106 valence electrons. The highest BCUT2D eigenvalue weighted by Gasteiger charge is 2.07. The molecular weight excluding hydrogens is 278 g/mol. The number of nitrogens with zero attached hydrogens (tertiary/aromatic N) is 3. The van der Waals surface area contributed by atoms with Crippen LogP contribution in [0.4, 0.5) is 5.82 Å². The zero-order valence-electron chi connectivity index (χ0n) is 11.4. The summed E-state index contributed by atoms with van der Waals surface area (Å²) in [7, 11) is 3.36. The van der Waals surface area contributed by atoms with Gasteiger partial charge in [0.15, 0.2) is 11.0 Å². The minimum absolute atomic E-state index is 0.181. The fourth-order valence-electron chi connectivity index (χ4n) is 1.55. The standard InChI is InChI=1S/C12H15N5O2S/c1-7-4-10(18)17-12(14-7)20-11-5-8(13-2)15-9(16-11)6-19-3/h4-5H,6H2,1-3H3,(H,13,15,16)(H,14,17,18). The van der Waals surface area contributed by atoms with Gasteiger partial charge in [-0.2, -0.15) is 0 Å². The fourth-order valence-corrected chi connectivity index (χ4v) is 2.41. The van der Waals surface area contributed by atoms with Crippen LogP contribution in [0, 0.1) is 6.92 Å². The maximum absolute atomic E-state index is 11.4. The summed E-state index contributed by atoms with van der Waals surface area (Å²) < 4.78 is 5.04. The summed E-state index contributed by atoms with van der Waals surface area (Å²) in [6.45, 7) is 2.09. The molecule has 2 rings (SSSR count). The Balaban J connectivity index is 2.31. The van der Waals surface area contributed by atoms with Crippen LogP contribution in [-0.2, 0) is 11.3 Å². The summed E-state index contributed by atoms with van der Waals surface area (Å²) >= 11 is 1.27. The molecule has 0 aromatic carbocycles. The Morgan fingerprint density at radius 2 is 2.15 bits per heavy atom. The number of anilines is 1. The maximum Gasteiger partial charge on any atom is 0.251 e. The highest BCUT2D eigenvalue weighted by atomic mass is 32.2. The van der Waals surface area contributed by atoms with E-state index < -0.39 is 0 Å². The molecule has 0 spiro atoms. The monoisotopic (exact) mass is 293 g/mol. The number of aromatic nitrogens is 4. The van der Waals surface area contributed by atoms with Gasteiger partial charge in [0.05, 0.1) is 0 Å². The number of hydrogen-bond acceptors (Lipinski definition) is 7. The molecule has 0 unspecified atom stereocenters. The molecule has 0 saturated heterocycles. The lowest BCUT2D eigenvalue weighted by Crippen LogP contribution is -2.08. The van der Waals surface area contributed by atoms with Crippen molar-refractivity contribution >= 4 is 17.6 Å². The van der Waals surface area contributed by atoms with Crippen molar-refractivity contribution in [3.05, 3.63) is 34.0 Å². The average Bonchev–Trinajstić information content (AvgIpc) is 2.37. The second-order valence-corrected chi connectivity index (χ2v) is 4.99. The van der Waals surface area contributed by atoms with E-state index in [1.54, 1.807) is 27.1 Å². The third-order valence-electron chi connectivity index (χ3n) is 2.33. The van der Waals surface area contributed by atoms with Gasteiger partial charge in [-0.3, -0.25) is 4.79 Å². The first-order chi connectivity index (χ1) is 9.60. The van der Waals surface area contributed by atoms with E-state index in [4.69, 9.17) is 4.74 Å². The van der Waals surface area contributed by atoms with Crippen molar-refractivity contribution in [3.8, 4) is 0 Å². The predicted molar refractivity (Wildman–Crippen MR) is 76.0 cm³/mol. The van der Waals surface area contributed by atoms with E-state index in [0.717, 1.165) is 0 Å². The molecule has 0 saturated carbocycles. The highest BCUT2D eigenvalue weighted by molar-refractivity contribution is 7.99. The minimum Gasteiger partial charge on any atom is -0.377 e. The zero-order valence-corrected chi connectivity index (χ0v) is 12.2. The van der Waals surface area contributed by atoms with E-state index in [2.05, 4.69) is 25.3 Å². The fraction of sp³-hybridized carbons (Fsp3) is 0.333. The molecule has 0 amide bonds. The van der Waals surface area contributed by atoms with E-state index in [9.17, 15) is 4.79 Å².